The van der Waals surface area contributed by atoms with E-state index in [2.05, 4.69) is 56.4 Å². The number of rotatable bonds is 11. The average Bonchev–Trinajstić information content (AvgIpc) is 3.10. The Kier molecular flexibility index (Phi) is 9.29. The molecule has 0 aliphatic rings. The van der Waals surface area contributed by atoms with E-state index in [4.69, 9.17) is 4.74 Å². The minimum atomic E-state index is 0.550. The Labute approximate surface area is 156 Å². The van der Waals surface area contributed by atoms with Crippen molar-refractivity contribution < 1.29 is 4.74 Å². The molecule has 0 saturated heterocycles. The van der Waals surface area contributed by atoms with E-state index in [-0.39, 0.29) is 0 Å². The van der Waals surface area contributed by atoms with Crippen LogP contribution in [0, 0.1) is 0 Å². The van der Waals surface area contributed by atoms with E-state index in [0.717, 1.165) is 57.5 Å². The van der Waals surface area contributed by atoms with E-state index in [0.29, 0.717) is 6.54 Å². The first-order valence-electron chi connectivity index (χ1n) is 9.47. The van der Waals surface area contributed by atoms with Crippen LogP contribution in [0.15, 0.2) is 47.7 Å². The minimum Gasteiger partial charge on any atom is -0.382 e. The number of imidazole rings is 1. The highest BCUT2D eigenvalue weighted by atomic mass is 16.5. The van der Waals surface area contributed by atoms with Crippen LogP contribution in [-0.4, -0.2) is 41.8 Å². The largest absolute Gasteiger partial charge is 0.382 e. The van der Waals surface area contributed by atoms with E-state index in [9.17, 15) is 0 Å². The number of ether oxygens (including phenoxy) is 1. The lowest BCUT2D eigenvalue weighted by Gasteiger charge is -2.12. The Morgan fingerprint density at radius 3 is 2.77 bits per heavy atom. The highest BCUT2D eigenvalue weighted by Crippen LogP contribution is 2.06. The standard InChI is InChI=1S/C20H31N5O/c1-3-21-20(23-12-8-9-15-26-4-2)24-16-19-22-13-14-25(19)17-18-10-6-5-7-11-18/h5-7,10-11,13-14H,3-4,8-9,12,15-17H2,1-2H3,(H2,21,23,24). The third kappa shape index (κ3) is 7.27. The van der Waals surface area contributed by atoms with Gasteiger partial charge >= 0.3 is 0 Å². The van der Waals surface area contributed by atoms with Crippen LogP contribution in [0.1, 0.15) is 38.1 Å². The molecular formula is C20H31N5O. The van der Waals surface area contributed by atoms with Crippen molar-refractivity contribution in [2.75, 3.05) is 26.3 Å². The average molecular weight is 358 g/mol. The van der Waals surface area contributed by atoms with Crippen molar-refractivity contribution in [3.63, 3.8) is 0 Å². The Hall–Kier alpha value is -2.34. The van der Waals surface area contributed by atoms with Crippen LogP contribution in [0.4, 0.5) is 0 Å². The smallest absolute Gasteiger partial charge is 0.191 e. The summed E-state index contributed by atoms with van der Waals surface area (Å²) in [5.41, 5.74) is 1.26. The van der Waals surface area contributed by atoms with Gasteiger partial charge in [0, 0.05) is 45.2 Å². The summed E-state index contributed by atoms with van der Waals surface area (Å²) in [4.78, 5) is 9.13. The van der Waals surface area contributed by atoms with Crippen LogP contribution >= 0.6 is 0 Å². The maximum absolute atomic E-state index is 5.36. The molecule has 6 nitrogen and oxygen atoms in total. The fraction of sp³-hybridized carbons (Fsp3) is 0.500. The quantitative estimate of drug-likeness (QED) is 0.369. The maximum Gasteiger partial charge on any atom is 0.191 e. The number of aliphatic imine (C=N–C) groups is 1. The molecule has 1 aromatic carbocycles. The lowest BCUT2D eigenvalue weighted by Crippen LogP contribution is -2.37. The van der Waals surface area contributed by atoms with Gasteiger partial charge in [0.15, 0.2) is 5.96 Å². The molecule has 0 aliphatic carbocycles. The molecule has 0 radical (unpaired) electrons. The summed E-state index contributed by atoms with van der Waals surface area (Å²) < 4.78 is 7.51. The first-order chi connectivity index (χ1) is 12.8. The van der Waals surface area contributed by atoms with Crippen LogP contribution in [0.5, 0.6) is 0 Å². The molecule has 0 aliphatic heterocycles. The van der Waals surface area contributed by atoms with Gasteiger partial charge in [-0.2, -0.15) is 0 Å². The number of guanidine groups is 1. The monoisotopic (exact) mass is 357 g/mol. The van der Waals surface area contributed by atoms with Gasteiger partial charge in [-0.1, -0.05) is 30.3 Å². The summed E-state index contributed by atoms with van der Waals surface area (Å²) >= 11 is 0. The van der Waals surface area contributed by atoms with Crippen LogP contribution in [0.3, 0.4) is 0 Å². The molecule has 2 aromatic rings. The van der Waals surface area contributed by atoms with Crippen molar-refractivity contribution in [2.24, 2.45) is 4.99 Å². The fourth-order valence-corrected chi connectivity index (χ4v) is 2.59. The second-order valence-corrected chi connectivity index (χ2v) is 5.98. The Morgan fingerprint density at radius 2 is 2.00 bits per heavy atom. The predicted molar refractivity (Wildman–Crippen MR) is 106 cm³/mol. The third-order valence-corrected chi connectivity index (χ3v) is 3.93. The number of nitrogens with one attached hydrogen (secondary N) is 2. The summed E-state index contributed by atoms with van der Waals surface area (Å²) in [7, 11) is 0. The van der Waals surface area contributed by atoms with Crippen molar-refractivity contribution in [3.8, 4) is 0 Å². The SMILES string of the molecule is CCNC(=NCc1nccn1Cc1ccccc1)NCCCCOCC. The molecule has 1 heterocycles. The first-order valence-corrected chi connectivity index (χ1v) is 9.47. The van der Waals surface area contributed by atoms with Gasteiger partial charge < -0.3 is 19.9 Å². The maximum atomic E-state index is 5.36. The van der Waals surface area contributed by atoms with Gasteiger partial charge in [-0.25, -0.2) is 9.98 Å². The van der Waals surface area contributed by atoms with Crippen molar-refractivity contribution >= 4 is 5.96 Å². The normalized spacial score (nSPS) is 11.5. The molecule has 0 atom stereocenters. The number of nitrogens with zero attached hydrogens (tertiary/aromatic N) is 3. The molecule has 26 heavy (non-hydrogen) atoms. The fourth-order valence-electron chi connectivity index (χ4n) is 2.59. The Bertz CT molecular complexity index is 639. The molecule has 0 spiro atoms. The van der Waals surface area contributed by atoms with Gasteiger partial charge in [0.1, 0.15) is 12.4 Å². The molecule has 2 rings (SSSR count). The number of aromatic nitrogens is 2. The van der Waals surface area contributed by atoms with Gasteiger partial charge in [0.05, 0.1) is 0 Å². The number of hydrogen-bond acceptors (Lipinski definition) is 3. The van der Waals surface area contributed by atoms with Crippen LogP contribution < -0.4 is 10.6 Å². The second kappa shape index (κ2) is 12.1. The van der Waals surface area contributed by atoms with E-state index >= 15 is 0 Å². The lowest BCUT2D eigenvalue weighted by atomic mass is 10.2. The molecule has 0 unspecified atom stereocenters. The summed E-state index contributed by atoms with van der Waals surface area (Å²) in [5, 5.41) is 6.66. The number of benzene rings is 1. The van der Waals surface area contributed by atoms with Crippen molar-refractivity contribution in [2.45, 2.75) is 39.8 Å². The summed E-state index contributed by atoms with van der Waals surface area (Å²) in [6.07, 6.45) is 5.96. The van der Waals surface area contributed by atoms with Crippen molar-refractivity contribution in [3.05, 3.63) is 54.1 Å². The molecule has 0 fully saturated rings. The molecule has 1 aromatic heterocycles. The zero-order valence-corrected chi connectivity index (χ0v) is 15.9. The lowest BCUT2D eigenvalue weighted by molar-refractivity contribution is 0.143. The van der Waals surface area contributed by atoms with Crippen LogP contribution in [0.25, 0.3) is 0 Å². The first kappa shape index (κ1) is 20.0. The molecule has 2 N–H and O–H groups in total. The van der Waals surface area contributed by atoms with Gasteiger partial charge in [0.2, 0.25) is 0 Å². The van der Waals surface area contributed by atoms with Gasteiger partial charge in [-0.05, 0) is 32.3 Å². The van der Waals surface area contributed by atoms with Crippen molar-refractivity contribution in [1.82, 2.24) is 20.2 Å². The van der Waals surface area contributed by atoms with E-state index in [1.807, 2.05) is 25.4 Å². The third-order valence-electron chi connectivity index (χ3n) is 3.93. The van der Waals surface area contributed by atoms with Crippen LogP contribution in [0.2, 0.25) is 0 Å². The topological polar surface area (TPSA) is 63.5 Å². The second-order valence-electron chi connectivity index (χ2n) is 5.98. The summed E-state index contributed by atoms with van der Waals surface area (Å²) in [5.74, 6) is 1.79. The van der Waals surface area contributed by atoms with Gasteiger partial charge in [0.25, 0.3) is 0 Å². The predicted octanol–water partition coefficient (Wildman–Crippen LogP) is 2.80. The molecule has 6 heteroatoms. The summed E-state index contributed by atoms with van der Waals surface area (Å²) in [6.45, 7) is 8.79. The highest BCUT2D eigenvalue weighted by Gasteiger charge is 2.04. The van der Waals surface area contributed by atoms with Gasteiger partial charge in [-0.3, -0.25) is 0 Å². The van der Waals surface area contributed by atoms with Gasteiger partial charge in [-0.15, -0.1) is 0 Å². The molecule has 0 amide bonds. The van der Waals surface area contributed by atoms with Crippen molar-refractivity contribution in [1.29, 1.82) is 0 Å². The number of hydrogen-bond donors (Lipinski definition) is 2. The number of unbranched alkanes of at least 4 members (excludes halogenated alkanes) is 1. The summed E-state index contributed by atoms with van der Waals surface area (Å²) in [6, 6.07) is 10.4. The molecule has 142 valence electrons. The zero-order valence-electron chi connectivity index (χ0n) is 15.9. The highest BCUT2D eigenvalue weighted by molar-refractivity contribution is 5.79. The van der Waals surface area contributed by atoms with E-state index in [1.165, 1.54) is 5.56 Å². The molecule has 0 bridgehead atoms. The zero-order chi connectivity index (χ0) is 18.5. The molecular weight excluding hydrogens is 326 g/mol. The van der Waals surface area contributed by atoms with E-state index in [1.54, 1.807) is 0 Å². The minimum absolute atomic E-state index is 0.550. The Morgan fingerprint density at radius 1 is 1.15 bits per heavy atom. The van der Waals surface area contributed by atoms with E-state index < -0.39 is 0 Å². The van der Waals surface area contributed by atoms with Crippen LogP contribution in [-0.2, 0) is 17.8 Å². The molecule has 0 saturated carbocycles. The Balaban J connectivity index is 1.85.